The smallest absolute Gasteiger partial charge is 0.407 e. The first-order valence-corrected chi connectivity index (χ1v) is 6.38. The molecule has 1 aliphatic rings. The summed E-state index contributed by atoms with van der Waals surface area (Å²) in [6, 6.07) is 6.62. The maximum atomic E-state index is 11.3. The topological polar surface area (TPSA) is 75.6 Å². The number of carbonyl (C=O) groups excluding carboxylic acids is 1. The zero-order valence-corrected chi connectivity index (χ0v) is 10.6. The minimum atomic E-state index is -0.937. The number of aromatic carboxylic acids is 1. The number of benzene rings is 1. The Bertz CT molecular complexity index is 451. The van der Waals surface area contributed by atoms with E-state index in [4.69, 9.17) is 9.84 Å². The Balaban J connectivity index is 1.66. The van der Waals surface area contributed by atoms with Gasteiger partial charge in [-0.2, -0.15) is 0 Å². The predicted octanol–water partition coefficient (Wildman–Crippen LogP) is 2.06. The summed E-state index contributed by atoms with van der Waals surface area (Å²) in [5.41, 5.74) is 1.24. The molecule has 1 saturated carbocycles. The van der Waals surface area contributed by atoms with Crippen molar-refractivity contribution >= 4 is 12.1 Å². The Morgan fingerprint density at radius 2 is 1.95 bits per heavy atom. The van der Waals surface area contributed by atoms with E-state index in [9.17, 15) is 9.59 Å². The van der Waals surface area contributed by atoms with Crippen molar-refractivity contribution in [2.75, 3.05) is 13.2 Å². The first-order chi connectivity index (χ1) is 9.15. The van der Waals surface area contributed by atoms with Gasteiger partial charge in [0.05, 0.1) is 12.2 Å². The fraction of sp³-hybridized carbons (Fsp3) is 0.429. The van der Waals surface area contributed by atoms with E-state index >= 15 is 0 Å². The van der Waals surface area contributed by atoms with Crippen molar-refractivity contribution < 1.29 is 19.4 Å². The molecule has 102 valence electrons. The van der Waals surface area contributed by atoms with Gasteiger partial charge in [0.25, 0.3) is 0 Å². The van der Waals surface area contributed by atoms with Crippen LogP contribution in [0.5, 0.6) is 0 Å². The molecule has 1 aromatic carbocycles. The standard InChI is InChI=1S/C14H17NO4/c16-13(17)12-5-3-10(4-6-12)7-8-15-14(18)19-9-11-1-2-11/h3-6,11H,1-2,7-9H2,(H,15,18)(H,16,17). The van der Waals surface area contributed by atoms with Crippen LogP contribution in [0.25, 0.3) is 0 Å². The molecule has 1 amide bonds. The van der Waals surface area contributed by atoms with Gasteiger partial charge in [0.2, 0.25) is 0 Å². The number of carboxylic acids is 1. The molecule has 0 aliphatic heterocycles. The van der Waals surface area contributed by atoms with Crippen LogP contribution in [0.15, 0.2) is 24.3 Å². The van der Waals surface area contributed by atoms with Crippen LogP contribution in [0, 0.1) is 5.92 Å². The average Bonchev–Trinajstić information content (AvgIpc) is 3.21. The summed E-state index contributed by atoms with van der Waals surface area (Å²) in [5, 5.41) is 11.4. The Hall–Kier alpha value is -2.04. The predicted molar refractivity (Wildman–Crippen MR) is 69.2 cm³/mol. The number of amides is 1. The molecule has 1 fully saturated rings. The number of carbonyl (C=O) groups is 2. The normalized spacial score (nSPS) is 13.9. The number of carboxylic acid groups (broad SMARTS) is 1. The van der Waals surface area contributed by atoms with Gasteiger partial charge in [-0.3, -0.25) is 0 Å². The van der Waals surface area contributed by atoms with Gasteiger partial charge < -0.3 is 15.2 Å². The Morgan fingerprint density at radius 3 is 2.53 bits per heavy atom. The van der Waals surface area contributed by atoms with Crippen molar-refractivity contribution in [2.24, 2.45) is 5.92 Å². The van der Waals surface area contributed by atoms with Crippen LogP contribution >= 0.6 is 0 Å². The zero-order valence-electron chi connectivity index (χ0n) is 10.6. The van der Waals surface area contributed by atoms with Crippen LogP contribution in [-0.4, -0.2) is 30.3 Å². The molecule has 1 aromatic rings. The molecular formula is C14H17NO4. The fourth-order valence-electron chi connectivity index (χ4n) is 1.65. The van der Waals surface area contributed by atoms with E-state index < -0.39 is 5.97 Å². The number of ether oxygens (including phenoxy) is 1. The first-order valence-electron chi connectivity index (χ1n) is 6.38. The molecule has 0 heterocycles. The Labute approximate surface area is 111 Å². The number of nitrogens with one attached hydrogen (secondary N) is 1. The van der Waals surface area contributed by atoms with E-state index in [-0.39, 0.29) is 11.7 Å². The minimum Gasteiger partial charge on any atom is -0.478 e. The first kappa shape index (κ1) is 13.4. The second-order valence-electron chi connectivity index (χ2n) is 4.72. The highest BCUT2D eigenvalue weighted by Crippen LogP contribution is 2.28. The lowest BCUT2D eigenvalue weighted by Gasteiger charge is -2.06. The van der Waals surface area contributed by atoms with Crippen molar-refractivity contribution in [3.05, 3.63) is 35.4 Å². The van der Waals surface area contributed by atoms with Gasteiger partial charge >= 0.3 is 12.1 Å². The lowest BCUT2D eigenvalue weighted by molar-refractivity contribution is 0.0697. The Morgan fingerprint density at radius 1 is 1.26 bits per heavy atom. The molecule has 1 aliphatic carbocycles. The number of alkyl carbamates (subject to hydrolysis) is 1. The van der Waals surface area contributed by atoms with Crippen molar-refractivity contribution in [3.63, 3.8) is 0 Å². The summed E-state index contributed by atoms with van der Waals surface area (Å²) in [6.45, 7) is 0.995. The molecule has 0 spiro atoms. The van der Waals surface area contributed by atoms with Crippen LogP contribution in [-0.2, 0) is 11.2 Å². The third-order valence-electron chi connectivity index (χ3n) is 3.03. The molecule has 5 heteroatoms. The molecule has 5 nitrogen and oxygen atoms in total. The molecule has 0 radical (unpaired) electrons. The van der Waals surface area contributed by atoms with E-state index in [1.807, 2.05) is 0 Å². The van der Waals surface area contributed by atoms with Gasteiger partial charge in [-0.15, -0.1) is 0 Å². The molecule has 0 bridgehead atoms. The van der Waals surface area contributed by atoms with Crippen molar-refractivity contribution in [1.82, 2.24) is 5.32 Å². The molecule has 0 unspecified atom stereocenters. The summed E-state index contributed by atoms with van der Waals surface area (Å²) < 4.78 is 5.03. The summed E-state index contributed by atoms with van der Waals surface area (Å²) in [4.78, 5) is 22.0. The fourth-order valence-corrected chi connectivity index (χ4v) is 1.65. The molecule has 0 atom stereocenters. The second-order valence-corrected chi connectivity index (χ2v) is 4.72. The van der Waals surface area contributed by atoms with Crippen molar-refractivity contribution in [2.45, 2.75) is 19.3 Å². The highest BCUT2D eigenvalue weighted by molar-refractivity contribution is 5.87. The molecule has 0 saturated heterocycles. The third kappa shape index (κ3) is 4.62. The second kappa shape index (κ2) is 6.22. The number of hydrogen-bond acceptors (Lipinski definition) is 3. The Kier molecular flexibility index (Phi) is 4.39. The maximum Gasteiger partial charge on any atom is 0.407 e. The quantitative estimate of drug-likeness (QED) is 0.823. The SMILES string of the molecule is O=C(NCCc1ccc(C(=O)O)cc1)OCC1CC1. The third-order valence-corrected chi connectivity index (χ3v) is 3.03. The lowest BCUT2D eigenvalue weighted by atomic mass is 10.1. The van der Waals surface area contributed by atoms with Gasteiger partial charge in [-0.25, -0.2) is 9.59 Å². The summed E-state index contributed by atoms with van der Waals surface area (Å²) in [7, 11) is 0. The van der Waals surface area contributed by atoms with Gasteiger partial charge in [-0.1, -0.05) is 12.1 Å². The van der Waals surface area contributed by atoms with E-state index in [1.54, 1.807) is 24.3 Å². The van der Waals surface area contributed by atoms with E-state index in [0.717, 1.165) is 18.4 Å². The van der Waals surface area contributed by atoms with Crippen molar-refractivity contribution in [1.29, 1.82) is 0 Å². The highest BCUT2D eigenvalue weighted by Gasteiger charge is 2.22. The van der Waals surface area contributed by atoms with Crippen LogP contribution in [0.2, 0.25) is 0 Å². The van der Waals surface area contributed by atoms with Crippen LogP contribution in [0.1, 0.15) is 28.8 Å². The van der Waals surface area contributed by atoms with E-state index in [1.165, 1.54) is 0 Å². The van der Waals surface area contributed by atoms with Gasteiger partial charge in [0.15, 0.2) is 0 Å². The van der Waals surface area contributed by atoms with Crippen molar-refractivity contribution in [3.8, 4) is 0 Å². The maximum absolute atomic E-state index is 11.3. The number of rotatable bonds is 6. The van der Waals surface area contributed by atoms with Crippen LogP contribution in [0.3, 0.4) is 0 Å². The largest absolute Gasteiger partial charge is 0.478 e. The molecular weight excluding hydrogens is 246 g/mol. The van der Waals surface area contributed by atoms with E-state index in [0.29, 0.717) is 25.5 Å². The van der Waals surface area contributed by atoms with Gasteiger partial charge in [0, 0.05) is 6.54 Å². The highest BCUT2D eigenvalue weighted by atomic mass is 16.5. The molecule has 2 N–H and O–H groups in total. The summed E-state index contributed by atoms with van der Waals surface area (Å²) >= 11 is 0. The zero-order chi connectivity index (χ0) is 13.7. The molecule has 2 rings (SSSR count). The van der Waals surface area contributed by atoms with Gasteiger partial charge in [0.1, 0.15) is 0 Å². The summed E-state index contributed by atoms with van der Waals surface area (Å²) in [6.07, 6.45) is 2.58. The van der Waals surface area contributed by atoms with E-state index in [2.05, 4.69) is 5.32 Å². The molecule has 19 heavy (non-hydrogen) atoms. The minimum absolute atomic E-state index is 0.264. The molecule has 0 aromatic heterocycles. The summed E-state index contributed by atoms with van der Waals surface area (Å²) in [5.74, 6) is -0.373. The van der Waals surface area contributed by atoms with Crippen LogP contribution in [0.4, 0.5) is 4.79 Å². The van der Waals surface area contributed by atoms with Gasteiger partial charge in [-0.05, 0) is 42.9 Å². The monoisotopic (exact) mass is 263 g/mol. The lowest BCUT2D eigenvalue weighted by Crippen LogP contribution is -2.27. The average molecular weight is 263 g/mol. The van der Waals surface area contributed by atoms with Crippen LogP contribution < -0.4 is 5.32 Å². The number of hydrogen-bond donors (Lipinski definition) is 2.